The van der Waals surface area contributed by atoms with E-state index >= 15 is 0 Å². The van der Waals surface area contributed by atoms with Gasteiger partial charge >= 0.3 is 0 Å². The van der Waals surface area contributed by atoms with Crippen molar-refractivity contribution in [1.82, 2.24) is 10.6 Å². The Morgan fingerprint density at radius 1 is 1.33 bits per heavy atom. The fraction of sp³-hybridized carbons (Fsp3) is 0.500. The Bertz CT molecular complexity index is 459. The third-order valence-electron chi connectivity index (χ3n) is 3.21. The second kappa shape index (κ2) is 7.65. The quantitative estimate of drug-likeness (QED) is 0.633. The van der Waals surface area contributed by atoms with Gasteiger partial charge in [0.25, 0.3) is 5.91 Å². The number of hydrogen-bond acceptors (Lipinski definition) is 3. The van der Waals surface area contributed by atoms with Crippen LogP contribution in [0.15, 0.2) is 30.3 Å². The highest BCUT2D eigenvalue weighted by molar-refractivity contribution is 6.68. The Hall–Kier alpha value is -0.520. The largest absolute Gasteiger partial charge is 0.377 e. The van der Waals surface area contributed by atoms with Crippen LogP contribution >= 0.6 is 34.8 Å². The molecule has 21 heavy (non-hydrogen) atoms. The van der Waals surface area contributed by atoms with E-state index in [1.54, 1.807) is 24.3 Å². The number of carbonyl (C=O) groups is 1. The minimum absolute atomic E-state index is 0.0912. The summed E-state index contributed by atoms with van der Waals surface area (Å²) >= 11 is 17.8. The first-order valence-corrected chi connectivity index (χ1v) is 7.88. The summed E-state index contributed by atoms with van der Waals surface area (Å²) in [5.41, 5.74) is 0.510. The van der Waals surface area contributed by atoms with Gasteiger partial charge in [0.15, 0.2) is 0 Å². The summed E-state index contributed by atoms with van der Waals surface area (Å²) in [6, 6.07) is 8.78. The molecule has 1 aliphatic rings. The molecule has 2 rings (SSSR count). The molecule has 0 spiro atoms. The Morgan fingerprint density at radius 2 is 2.05 bits per heavy atom. The summed E-state index contributed by atoms with van der Waals surface area (Å²) in [7, 11) is 0. The third kappa shape index (κ3) is 5.31. The number of amides is 1. The number of hydrogen-bond donors (Lipinski definition) is 2. The van der Waals surface area contributed by atoms with E-state index in [1.165, 1.54) is 0 Å². The van der Waals surface area contributed by atoms with Gasteiger partial charge < -0.3 is 10.1 Å². The van der Waals surface area contributed by atoms with Gasteiger partial charge in [-0.3, -0.25) is 10.1 Å². The molecule has 1 saturated heterocycles. The second-order valence-electron chi connectivity index (χ2n) is 4.86. The number of benzene rings is 1. The highest BCUT2D eigenvalue weighted by Crippen LogP contribution is 2.29. The standard InChI is InChI=1S/C14H17Cl3N2O2/c15-14(16,17)13(18-9-11-7-4-8-21-11)19-12(20)10-5-2-1-3-6-10/h1-3,5-6,11,13,18H,4,7-9H2,(H,19,20)/t11-,13+/m0/s1. The Kier molecular flexibility index (Phi) is 6.14. The van der Waals surface area contributed by atoms with Crippen LogP contribution in [0.25, 0.3) is 0 Å². The summed E-state index contributed by atoms with van der Waals surface area (Å²) in [5, 5.41) is 5.75. The lowest BCUT2D eigenvalue weighted by Crippen LogP contribution is -2.54. The zero-order valence-electron chi connectivity index (χ0n) is 11.3. The number of ether oxygens (including phenoxy) is 1. The number of alkyl halides is 3. The lowest BCUT2D eigenvalue weighted by molar-refractivity contribution is 0.0897. The van der Waals surface area contributed by atoms with Crippen LogP contribution in [0, 0.1) is 0 Å². The first-order chi connectivity index (χ1) is 9.97. The molecule has 1 amide bonds. The maximum atomic E-state index is 12.1. The monoisotopic (exact) mass is 350 g/mol. The maximum Gasteiger partial charge on any atom is 0.252 e. The molecule has 0 aromatic heterocycles. The van der Waals surface area contributed by atoms with Crippen molar-refractivity contribution in [3.8, 4) is 0 Å². The molecule has 1 aromatic carbocycles. The van der Waals surface area contributed by atoms with Crippen molar-refractivity contribution in [3.05, 3.63) is 35.9 Å². The van der Waals surface area contributed by atoms with Crippen LogP contribution in [0.3, 0.4) is 0 Å². The van der Waals surface area contributed by atoms with E-state index in [-0.39, 0.29) is 12.0 Å². The van der Waals surface area contributed by atoms with Gasteiger partial charge in [0.2, 0.25) is 3.79 Å². The van der Waals surface area contributed by atoms with Gasteiger partial charge in [-0.25, -0.2) is 0 Å². The van der Waals surface area contributed by atoms with E-state index in [2.05, 4.69) is 10.6 Å². The summed E-state index contributed by atoms with van der Waals surface area (Å²) in [6.07, 6.45) is 1.29. The van der Waals surface area contributed by atoms with Gasteiger partial charge in [0, 0.05) is 18.7 Å². The van der Waals surface area contributed by atoms with E-state index in [4.69, 9.17) is 39.5 Å². The summed E-state index contributed by atoms with van der Waals surface area (Å²) in [6.45, 7) is 1.27. The van der Waals surface area contributed by atoms with Crippen molar-refractivity contribution in [1.29, 1.82) is 0 Å². The van der Waals surface area contributed by atoms with Gasteiger partial charge in [0.05, 0.1) is 6.10 Å². The van der Waals surface area contributed by atoms with Gasteiger partial charge in [-0.15, -0.1) is 0 Å². The number of nitrogens with one attached hydrogen (secondary N) is 2. The van der Waals surface area contributed by atoms with Crippen LogP contribution in [0.4, 0.5) is 0 Å². The van der Waals surface area contributed by atoms with Crippen LogP contribution in [-0.2, 0) is 4.74 Å². The predicted octanol–water partition coefficient (Wildman–Crippen LogP) is 2.88. The van der Waals surface area contributed by atoms with Crippen molar-refractivity contribution in [3.63, 3.8) is 0 Å². The van der Waals surface area contributed by atoms with E-state index in [1.807, 2.05) is 6.07 Å². The van der Waals surface area contributed by atoms with E-state index in [0.717, 1.165) is 19.4 Å². The average Bonchev–Trinajstić information content (AvgIpc) is 2.96. The third-order valence-corrected chi connectivity index (χ3v) is 3.87. The molecule has 0 radical (unpaired) electrons. The Morgan fingerprint density at radius 3 is 2.62 bits per heavy atom. The molecule has 0 bridgehead atoms. The maximum absolute atomic E-state index is 12.1. The first-order valence-electron chi connectivity index (χ1n) is 6.74. The smallest absolute Gasteiger partial charge is 0.252 e. The van der Waals surface area contributed by atoms with Crippen LogP contribution in [0.5, 0.6) is 0 Å². The highest BCUT2D eigenvalue weighted by atomic mass is 35.6. The molecule has 7 heteroatoms. The van der Waals surface area contributed by atoms with Gasteiger partial charge in [-0.05, 0) is 25.0 Å². The molecule has 1 heterocycles. The summed E-state index contributed by atoms with van der Waals surface area (Å²) in [4.78, 5) is 12.1. The van der Waals surface area contributed by atoms with Crippen molar-refractivity contribution in [2.75, 3.05) is 13.2 Å². The first kappa shape index (κ1) is 16.8. The number of halogens is 3. The molecule has 116 valence electrons. The Labute approximate surface area is 139 Å². The molecule has 1 fully saturated rings. The van der Waals surface area contributed by atoms with E-state index in [9.17, 15) is 4.79 Å². The topological polar surface area (TPSA) is 50.4 Å². The van der Waals surface area contributed by atoms with Crippen molar-refractivity contribution < 1.29 is 9.53 Å². The van der Waals surface area contributed by atoms with E-state index < -0.39 is 9.96 Å². The van der Waals surface area contributed by atoms with Crippen LogP contribution in [0.1, 0.15) is 23.2 Å². The predicted molar refractivity (Wildman–Crippen MR) is 85.0 cm³/mol. The van der Waals surface area contributed by atoms with Crippen molar-refractivity contribution in [2.45, 2.75) is 28.9 Å². The number of carbonyl (C=O) groups excluding carboxylic acids is 1. The molecule has 0 unspecified atom stereocenters. The Balaban J connectivity index is 1.94. The van der Waals surface area contributed by atoms with Crippen LogP contribution in [0.2, 0.25) is 0 Å². The molecule has 2 N–H and O–H groups in total. The molecular weight excluding hydrogens is 335 g/mol. The molecule has 0 aliphatic carbocycles. The van der Waals surface area contributed by atoms with Gasteiger partial charge in [-0.2, -0.15) is 0 Å². The zero-order valence-corrected chi connectivity index (χ0v) is 13.6. The second-order valence-corrected chi connectivity index (χ2v) is 7.23. The lowest BCUT2D eigenvalue weighted by atomic mass is 10.2. The molecular formula is C14H17Cl3N2O2. The fourth-order valence-corrected chi connectivity index (χ4v) is 2.50. The van der Waals surface area contributed by atoms with E-state index in [0.29, 0.717) is 12.1 Å². The van der Waals surface area contributed by atoms with Crippen LogP contribution in [-0.4, -0.2) is 35.1 Å². The average molecular weight is 352 g/mol. The summed E-state index contributed by atoms with van der Waals surface area (Å²) < 4.78 is 3.85. The lowest BCUT2D eigenvalue weighted by Gasteiger charge is -2.27. The minimum atomic E-state index is -1.65. The van der Waals surface area contributed by atoms with Crippen molar-refractivity contribution >= 4 is 40.7 Å². The molecule has 2 atom stereocenters. The van der Waals surface area contributed by atoms with Crippen molar-refractivity contribution in [2.24, 2.45) is 0 Å². The SMILES string of the molecule is O=C(N[C@@H](NC[C@@H]1CCCO1)C(Cl)(Cl)Cl)c1ccccc1. The zero-order chi connectivity index (χ0) is 15.3. The fourth-order valence-electron chi connectivity index (χ4n) is 2.11. The molecule has 1 aliphatic heterocycles. The van der Waals surface area contributed by atoms with Crippen LogP contribution < -0.4 is 10.6 Å². The molecule has 1 aromatic rings. The minimum Gasteiger partial charge on any atom is -0.377 e. The number of rotatable bonds is 5. The van der Waals surface area contributed by atoms with Gasteiger partial charge in [-0.1, -0.05) is 53.0 Å². The molecule has 4 nitrogen and oxygen atoms in total. The summed E-state index contributed by atoms with van der Waals surface area (Å²) in [5.74, 6) is -0.299. The normalized spacial score (nSPS) is 20.2. The van der Waals surface area contributed by atoms with Gasteiger partial charge in [0.1, 0.15) is 6.17 Å². The molecule has 0 saturated carbocycles. The highest BCUT2D eigenvalue weighted by Gasteiger charge is 2.34.